The van der Waals surface area contributed by atoms with Gasteiger partial charge in [-0.3, -0.25) is 25.0 Å². The van der Waals surface area contributed by atoms with Gasteiger partial charge >= 0.3 is 5.97 Å². The predicted octanol–water partition coefficient (Wildman–Crippen LogP) is 2.33. The lowest BCUT2D eigenvalue weighted by molar-refractivity contribution is -0.392. The molecule has 0 spiro atoms. The molecule has 0 bridgehead atoms. The third kappa shape index (κ3) is 4.30. The molecule has 0 saturated heterocycles. The summed E-state index contributed by atoms with van der Waals surface area (Å²) in [4.78, 5) is 50.4. The molecular formula is C16H20N4O7. The monoisotopic (exact) mass is 380 g/mol. The van der Waals surface area contributed by atoms with Crippen LogP contribution >= 0.6 is 0 Å². The van der Waals surface area contributed by atoms with E-state index in [0.29, 0.717) is 18.4 Å². The molecule has 146 valence electrons. The van der Waals surface area contributed by atoms with Gasteiger partial charge in [-0.1, -0.05) is 0 Å². The zero-order valence-electron chi connectivity index (χ0n) is 15.3. The van der Waals surface area contributed by atoms with E-state index >= 15 is 0 Å². The average Bonchev–Trinajstić information content (AvgIpc) is 3.33. The van der Waals surface area contributed by atoms with Gasteiger partial charge in [-0.25, -0.2) is 4.79 Å². The molecule has 1 fully saturated rings. The zero-order valence-corrected chi connectivity index (χ0v) is 15.3. The van der Waals surface area contributed by atoms with Crippen molar-refractivity contribution < 1.29 is 24.3 Å². The van der Waals surface area contributed by atoms with E-state index in [9.17, 15) is 29.8 Å². The molecule has 0 aliphatic heterocycles. The van der Waals surface area contributed by atoms with Gasteiger partial charge in [0.2, 0.25) is 0 Å². The smallest absolute Gasteiger partial charge is 0.338 e. The van der Waals surface area contributed by atoms with Crippen LogP contribution in [0, 0.1) is 32.6 Å². The molecule has 11 heteroatoms. The van der Waals surface area contributed by atoms with E-state index in [1.54, 1.807) is 6.92 Å². The van der Waals surface area contributed by atoms with E-state index in [-0.39, 0.29) is 5.69 Å². The number of hydroxylamine groups is 2. The van der Waals surface area contributed by atoms with Crippen molar-refractivity contribution in [2.24, 2.45) is 5.41 Å². The van der Waals surface area contributed by atoms with E-state index in [1.807, 2.05) is 0 Å². The summed E-state index contributed by atoms with van der Waals surface area (Å²) in [6.07, 6.45) is 1.34. The lowest BCUT2D eigenvalue weighted by atomic mass is 10.1. The van der Waals surface area contributed by atoms with Crippen LogP contribution in [-0.4, -0.2) is 39.9 Å². The van der Waals surface area contributed by atoms with Crippen molar-refractivity contribution in [2.75, 3.05) is 12.4 Å². The number of rotatable bonds is 6. The van der Waals surface area contributed by atoms with Gasteiger partial charge in [0.25, 0.3) is 17.3 Å². The Labute approximate surface area is 154 Å². The number of hydrogen-bond acceptors (Lipinski definition) is 8. The van der Waals surface area contributed by atoms with Crippen LogP contribution in [0.3, 0.4) is 0 Å². The second-order valence-corrected chi connectivity index (χ2v) is 6.83. The molecule has 2 rings (SSSR count). The standard InChI is InChI=1S/C16H20N4O7/c1-9-7-11(19(23)24)13(12(8-9)20(25)26)17-10(2)14(21)18(4)27-15(22)16(3)5-6-16/h7-8,10,17H,5-6H2,1-4H3. The van der Waals surface area contributed by atoms with Crippen LogP contribution in [0.25, 0.3) is 0 Å². The highest BCUT2D eigenvalue weighted by Gasteiger charge is 2.48. The van der Waals surface area contributed by atoms with Crippen LogP contribution in [0.1, 0.15) is 32.3 Å². The third-order valence-electron chi connectivity index (χ3n) is 4.39. The molecule has 27 heavy (non-hydrogen) atoms. The Morgan fingerprint density at radius 2 is 1.70 bits per heavy atom. The Hall–Kier alpha value is -3.24. The van der Waals surface area contributed by atoms with Crippen LogP contribution < -0.4 is 5.32 Å². The molecule has 1 aromatic rings. The number of likely N-dealkylation sites (N-methyl/N-ethyl adjacent to an activating group) is 1. The highest BCUT2D eigenvalue weighted by atomic mass is 16.7. The van der Waals surface area contributed by atoms with Gasteiger partial charge in [0.15, 0.2) is 5.69 Å². The maximum absolute atomic E-state index is 12.4. The summed E-state index contributed by atoms with van der Waals surface area (Å²) in [5, 5.41) is 25.8. The summed E-state index contributed by atoms with van der Waals surface area (Å²) < 4.78 is 0. The summed E-state index contributed by atoms with van der Waals surface area (Å²) in [5.41, 5.74) is -1.69. The normalized spacial score (nSPS) is 15.4. The van der Waals surface area contributed by atoms with E-state index < -0.39 is 44.6 Å². The van der Waals surface area contributed by atoms with Crippen LogP contribution in [0.5, 0.6) is 0 Å². The van der Waals surface area contributed by atoms with Crippen LogP contribution in [0.2, 0.25) is 0 Å². The lowest BCUT2D eigenvalue weighted by Gasteiger charge is -2.22. The number of anilines is 1. The van der Waals surface area contributed by atoms with Crippen molar-refractivity contribution in [3.05, 3.63) is 37.9 Å². The van der Waals surface area contributed by atoms with Gasteiger partial charge in [0.1, 0.15) is 6.04 Å². The first-order chi connectivity index (χ1) is 12.5. The molecule has 1 atom stereocenters. The Bertz CT molecular complexity index is 784. The number of benzene rings is 1. The molecule has 0 aromatic heterocycles. The number of carbonyl (C=O) groups is 2. The van der Waals surface area contributed by atoms with Crippen molar-refractivity contribution in [3.63, 3.8) is 0 Å². The van der Waals surface area contributed by atoms with E-state index in [4.69, 9.17) is 4.84 Å². The summed E-state index contributed by atoms with van der Waals surface area (Å²) >= 11 is 0. The minimum absolute atomic E-state index is 0.335. The number of nitro benzene ring substituents is 2. The highest BCUT2D eigenvalue weighted by molar-refractivity contribution is 5.88. The summed E-state index contributed by atoms with van der Waals surface area (Å²) in [6.45, 7) is 4.57. The fourth-order valence-corrected chi connectivity index (χ4v) is 2.41. The first-order valence-corrected chi connectivity index (χ1v) is 8.16. The van der Waals surface area contributed by atoms with Gasteiger partial charge < -0.3 is 10.2 Å². The van der Waals surface area contributed by atoms with Gasteiger partial charge in [-0.15, -0.1) is 0 Å². The Morgan fingerprint density at radius 1 is 1.22 bits per heavy atom. The number of nitrogens with zero attached hydrogens (tertiary/aromatic N) is 3. The number of hydrogen-bond donors (Lipinski definition) is 1. The van der Waals surface area contributed by atoms with Crippen LogP contribution in [-0.2, 0) is 14.4 Å². The fourth-order valence-electron chi connectivity index (χ4n) is 2.41. The van der Waals surface area contributed by atoms with Crippen molar-refractivity contribution >= 4 is 28.9 Å². The second-order valence-electron chi connectivity index (χ2n) is 6.83. The Morgan fingerprint density at radius 3 is 2.11 bits per heavy atom. The average molecular weight is 380 g/mol. The largest absolute Gasteiger partial charge is 0.362 e. The summed E-state index contributed by atoms with van der Waals surface area (Å²) in [6, 6.07) is 1.23. The first kappa shape index (κ1) is 20.1. The minimum atomic E-state index is -1.12. The number of aryl methyl sites for hydroxylation is 1. The molecule has 1 amide bonds. The van der Waals surface area contributed by atoms with Crippen molar-refractivity contribution in [3.8, 4) is 0 Å². The Balaban J connectivity index is 2.22. The zero-order chi connectivity index (χ0) is 20.5. The minimum Gasteiger partial charge on any atom is -0.362 e. The van der Waals surface area contributed by atoms with Crippen LogP contribution in [0.15, 0.2) is 12.1 Å². The maximum atomic E-state index is 12.4. The van der Waals surface area contributed by atoms with Gasteiger partial charge in [0, 0.05) is 19.2 Å². The topological polar surface area (TPSA) is 145 Å². The number of amides is 1. The molecule has 1 N–H and O–H groups in total. The third-order valence-corrected chi connectivity index (χ3v) is 4.39. The summed E-state index contributed by atoms with van der Waals surface area (Å²) in [7, 11) is 1.24. The van der Waals surface area contributed by atoms with E-state index in [1.165, 1.54) is 33.0 Å². The SMILES string of the molecule is Cc1cc([N+](=O)[O-])c(NC(C)C(=O)N(C)OC(=O)C2(C)CC2)c([N+](=O)[O-])c1. The van der Waals surface area contributed by atoms with Gasteiger partial charge in [-0.05, 0) is 39.2 Å². The molecule has 11 nitrogen and oxygen atoms in total. The molecule has 1 saturated carbocycles. The number of nitrogens with one attached hydrogen (secondary N) is 1. The Kier molecular flexibility index (Phi) is 5.33. The molecule has 0 heterocycles. The first-order valence-electron chi connectivity index (χ1n) is 8.16. The van der Waals surface area contributed by atoms with Crippen molar-refractivity contribution in [1.82, 2.24) is 5.06 Å². The molecule has 1 aliphatic carbocycles. The molecule has 1 unspecified atom stereocenters. The molecule has 1 aromatic carbocycles. The predicted molar refractivity (Wildman–Crippen MR) is 93.8 cm³/mol. The summed E-state index contributed by atoms with van der Waals surface area (Å²) in [5.74, 6) is -1.25. The van der Waals surface area contributed by atoms with E-state index in [0.717, 1.165) is 5.06 Å². The van der Waals surface area contributed by atoms with Gasteiger partial charge in [-0.2, -0.15) is 5.06 Å². The molecular weight excluding hydrogens is 360 g/mol. The molecule has 0 radical (unpaired) electrons. The van der Waals surface area contributed by atoms with Crippen molar-refractivity contribution in [1.29, 1.82) is 0 Å². The van der Waals surface area contributed by atoms with Crippen molar-refractivity contribution in [2.45, 2.75) is 39.7 Å². The second kappa shape index (κ2) is 7.17. The molecule has 1 aliphatic rings. The number of nitro groups is 2. The number of carbonyl (C=O) groups excluding carboxylic acids is 2. The van der Waals surface area contributed by atoms with Crippen LogP contribution in [0.4, 0.5) is 17.1 Å². The fraction of sp³-hybridized carbons (Fsp3) is 0.500. The maximum Gasteiger partial charge on any atom is 0.338 e. The highest BCUT2D eigenvalue weighted by Crippen LogP contribution is 2.46. The van der Waals surface area contributed by atoms with Gasteiger partial charge in [0.05, 0.1) is 15.3 Å². The lowest BCUT2D eigenvalue weighted by Crippen LogP contribution is -2.41. The quantitative estimate of drug-likeness (QED) is 0.584. The van der Waals surface area contributed by atoms with E-state index in [2.05, 4.69) is 5.32 Å².